The van der Waals surface area contributed by atoms with Gasteiger partial charge in [0.05, 0.1) is 23.9 Å². The summed E-state index contributed by atoms with van der Waals surface area (Å²) in [5.74, 6) is 0.386. The van der Waals surface area contributed by atoms with Crippen molar-refractivity contribution in [1.82, 2.24) is 5.43 Å². The van der Waals surface area contributed by atoms with E-state index in [9.17, 15) is 9.59 Å². The summed E-state index contributed by atoms with van der Waals surface area (Å²) < 4.78 is 17.8. The highest BCUT2D eigenvalue weighted by Gasteiger charge is 2.14. The van der Waals surface area contributed by atoms with Crippen LogP contribution in [0.15, 0.2) is 101 Å². The van der Waals surface area contributed by atoms with Crippen LogP contribution in [0.4, 0.5) is 0 Å². The molecule has 204 valence electrons. The maximum absolute atomic E-state index is 12.9. The summed E-state index contributed by atoms with van der Waals surface area (Å²) in [6.45, 7) is 2.89. The van der Waals surface area contributed by atoms with Crippen LogP contribution in [-0.4, -0.2) is 24.7 Å². The number of hydrogen-bond acceptors (Lipinski definition) is 6. The second kappa shape index (κ2) is 14.3. The molecule has 40 heavy (non-hydrogen) atoms. The van der Waals surface area contributed by atoms with Crippen LogP contribution in [-0.2, 0) is 6.61 Å². The average molecular weight is 622 g/mol. The van der Waals surface area contributed by atoms with Gasteiger partial charge in [-0.3, -0.25) is 4.79 Å². The smallest absolute Gasteiger partial charge is 0.343 e. The van der Waals surface area contributed by atoms with Crippen molar-refractivity contribution in [3.63, 3.8) is 0 Å². The van der Waals surface area contributed by atoms with E-state index in [2.05, 4.69) is 26.5 Å². The van der Waals surface area contributed by atoms with Crippen LogP contribution in [0.5, 0.6) is 17.2 Å². The number of carbonyl (C=O) groups excluding carboxylic acids is 2. The molecule has 1 amide bonds. The Morgan fingerprint density at radius 3 is 2.42 bits per heavy atom. The first kappa shape index (κ1) is 28.9. The van der Waals surface area contributed by atoms with Gasteiger partial charge in [-0.1, -0.05) is 58.7 Å². The molecule has 4 aromatic carbocycles. The zero-order chi connectivity index (χ0) is 28.3. The fourth-order valence-corrected chi connectivity index (χ4v) is 4.03. The molecule has 0 aromatic heterocycles. The van der Waals surface area contributed by atoms with Gasteiger partial charge in [0, 0.05) is 15.1 Å². The third-order valence-electron chi connectivity index (χ3n) is 5.55. The number of ether oxygens (including phenoxy) is 3. The summed E-state index contributed by atoms with van der Waals surface area (Å²) in [6.07, 6.45) is 2.30. The summed E-state index contributed by atoms with van der Waals surface area (Å²) in [5.41, 5.74) is 4.60. The van der Waals surface area contributed by atoms with Crippen LogP contribution in [0.2, 0.25) is 5.02 Å². The van der Waals surface area contributed by atoms with Crippen molar-refractivity contribution in [2.75, 3.05) is 6.61 Å². The number of nitrogens with one attached hydrogen (secondary N) is 1. The molecule has 0 saturated heterocycles. The Balaban J connectivity index is 1.41. The quantitative estimate of drug-likeness (QED) is 0.0814. The molecule has 0 radical (unpaired) electrons. The Morgan fingerprint density at radius 2 is 1.68 bits per heavy atom. The molecule has 0 aliphatic rings. The van der Waals surface area contributed by atoms with Crippen LogP contribution in [0, 0.1) is 0 Å². The van der Waals surface area contributed by atoms with Gasteiger partial charge in [-0.05, 0) is 78.7 Å². The van der Waals surface area contributed by atoms with Crippen LogP contribution < -0.4 is 19.6 Å². The summed E-state index contributed by atoms with van der Waals surface area (Å²) in [4.78, 5) is 25.6. The average Bonchev–Trinajstić information content (AvgIpc) is 2.97. The summed E-state index contributed by atoms with van der Waals surface area (Å²) in [6, 6.07) is 26.0. The van der Waals surface area contributed by atoms with Crippen LogP contribution >= 0.6 is 27.5 Å². The van der Waals surface area contributed by atoms with Gasteiger partial charge in [-0.2, -0.15) is 5.10 Å². The number of rotatable bonds is 11. The molecule has 0 fully saturated rings. The Labute approximate surface area is 245 Å². The number of benzene rings is 4. The maximum Gasteiger partial charge on any atom is 0.343 e. The van der Waals surface area contributed by atoms with Crippen LogP contribution in [0.1, 0.15) is 45.2 Å². The summed E-state index contributed by atoms with van der Waals surface area (Å²) >= 11 is 9.36. The largest absolute Gasteiger partial charge is 0.494 e. The molecular weight excluding hydrogens is 596 g/mol. The topological polar surface area (TPSA) is 86.2 Å². The van der Waals surface area contributed by atoms with Crippen molar-refractivity contribution < 1.29 is 23.8 Å². The summed E-state index contributed by atoms with van der Waals surface area (Å²) in [5, 5.41) is 4.72. The first-order valence-corrected chi connectivity index (χ1v) is 13.6. The van der Waals surface area contributed by atoms with Gasteiger partial charge in [0.25, 0.3) is 5.91 Å². The normalized spacial score (nSPS) is 10.8. The van der Waals surface area contributed by atoms with Crippen molar-refractivity contribution in [2.45, 2.75) is 20.0 Å². The predicted octanol–water partition coefficient (Wildman–Crippen LogP) is 7.45. The molecule has 0 bridgehead atoms. The van der Waals surface area contributed by atoms with E-state index >= 15 is 0 Å². The van der Waals surface area contributed by atoms with E-state index in [-0.39, 0.29) is 12.4 Å². The van der Waals surface area contributed by atoms with Gasteiger partial charge < -0.3 is 14.2 Å². The number of nitrogens with zero attached hydrogens (tertiary/aromatic N) is 1. The first-order valence-electron chi connectivity index (χ1n) is 12.5. The number of amides is 1. The SMILES string of the molecule is CCCOc1ccc(C(=O)Oc2ccc(Br)cc2/C=N\NC(=O)c2ccccc2OCc2ccc(Cl)cc2)cc1. The lowest BCUT2D eigenvalue weighted by atomic mass is 10.2. The number of hydrogen-bond donors (Lipinski definition) is 1. The highest BCUT2D eigenvalue weighted by Crippen LogP contribution is 2.24. The van der Waals surface area contributed by atoms with E-state index < -0.39 is 11.9 Å². The third kappa shape index (κ3) is 8.18. The third-order valence-corrected chi connectivity index (χ3v) is 6.29. The van der Waals surface area contributed by atoms with Crippen molar-refractivity contribution in [1.29, 1.82) is 0 Å². The van der Waals surface area contributed by atoms with Gasteiger partial charge in [-0.25, -0.2) is 10.2 Å². The number of carbonyl (C=O) groups is 2. The monoisotopic (exact) mass is 620 g/mol. The second-order valence-electron chi connectivity index (χ2n) is 8.55. The van der Waals surface area contributed by atoms with E-state index in [0.717, 1.165) is 16.5 Å². The standard InChI is InChI=1S/C31H26BrClN2O5/c1-2-17-38-26-14-9-22(10-15-26)31(37)40-28-16-11-24(32)18-23(28)19-34-35-30(36)27-5-3-4-6-29(27)39-20-21-7-12-25(33)13-8-21/h3-16,18-19H,2,17,20H2,1H3,(H,35,36)/b34-19-. The van der Waals surface area contributed by atoms with Gasteiger partial charge in [-0.15, -0.1) is 0 Å². The Kier molecular flexibility index (Phi) is 10.3. The molecule has 0 spiro atoms. The number of halogens is 2. The zero-order valence-electron chi connectivity index (χ0n) is 21.6. The van der Waals surface area contributed by atoms with Gasteiger partial charge in [0.2, 0.25) is 0 Å². The lowest BCUT2D eigenvalue weighted by Crippen LogP contribution is -2.19. The molecule has 7 nitrogen and oxygen atoms in total. The zero-order valence-corrected chi connectivity index (χ0v) is 23.9. The van der Waals surface area contributed by atoms with Gasteiger partial charge in [0.1, 0.15) is 23.9 Å². The summed E-state index contributed by atoms with van der Waals surface area (Å²) in [7, 11) is 0. The fraction of sp³-hybridized carbons (Fsp3) is 0.129. The number of para-hydroxylation sites is 1. The number of esters is 1. The molecule has 4 aromatic rings. The van der Waals surface area contributed by atoms with Crippen molar-refractivity contribution >= 4 is 45.6 Å². The maximum atomic E-state index is 12.9. The minimum absolute atomic E-state index is 0.270. The Bertz CT molecular complexity index is 1490. The van der Waals surface area contributed by atoms with E-state index in [0.29, 0.717) is 39.8 Å². The Morgan fingerprint density at radius 1 is 0.925 bits per heavy atom. The van der Waals surface area contributed by atoms with Crippen LogP contribution in [0.3, 0.4) is 0 Å². The fourth-order valence-electron chi connectivity index (χ4n) is 3.52. The molecule has 0 heterocycles. The molecule has 0 aliphatic heterocycles. The van der Waals surface area contributed by atoms with Crippen LogP contribution in [0.25, 0.3) is 0 Å². The molecule has 1 N–H and O–H groups in total. The molecule has 0 atom stereocenters. The number of hydrazone groups is 1. The molecule has 4 rings (SSSR count). The highest BCUT2D eigenvalue weighted by atomic mass is 79.9. The molecule has 0 unspecified atom stereocenters. The minimum Gasteiger partial charge on any atom is -0.494 e. The van der Waals surface area contributed by atoms with Gasteiger partial charge in [0.15, 0.2) is 0 Å². The second-order valence-corrected chi connectivity index (χ2v) is 9.91. The van der Waals surface area contributed by atoms with Crippen molar-refractivity contribution in [3.8, 4) is 17.2 Å². The Hall–Kier alpha value is -4.14. The van der Waals surface area contributed by atoms with Crippen molar-refractivity contribution in [2.24, 2.45) is 5.10 Å². The molecule has 0 aliphatic carbocycles. The minimum atomic E-state index is -0.533. The van der Waals surface area contributed by atoms with E-state index in [1.807, 2.05) is 19.1 Å². The molecular formula is C31H26BrClN2O5. The first-order chi connectivity index (χ1) is 19.4. The van der Waals surface area contributed by atoms with E-state index in [4.69, 9.17) is 25.8 Å². The van der Waals surface area contributed by atoms with E-state index in [1.165, 1.54) is 6.21 Å². The lowest BCUT2D eigenvalue weighted by molar-refractivity contribution is 0.0734. The van der Waals surface area contributed by atoms with Crippen molar-refractivity contribution in [3.05, 3.63) is 123 Å². The molecule has 9 heteroatoms. The highest BCUT2D eigenvalue weighted by molar-refractivity contribution is 9.10. The predicted molar refractivity (Wildman–Crippen MR) is 159 cm³/mol. The molecule has 0 saturated carbocycles. The van der Waals surface area contributed by atoms with E-state index in [1.54, 1.807) is 78.9 Å². The lowest BCUT2D eigenvalue weighted by Gasteiger charge is -2.11. The van der Waals surface area contributed by atoms with Gasteiger partial charge >= 0.3 is 5.97 Å².